The average molecular weight is 326 g/mol. The van der Waals surface area contributed by atoms with E-state index in [2.05, 4.69) is 37.2 Å². The Morgan fingerprint density at radius 3 is 2.48 bits per heavy atom. The van der Waals surface area contributed by atoms with Crippen LogP contribution in [0, 0.1) is 11.8 Å². The Morgan fingerprint density at radius 1 is 1.19 bits per heavy atom. The van der Waals surface area contributed by atoms with Crippen molar-refractivity contribution in [3.63, 3.8) is 0 Å². The lowest BCUT2D eigenvalue weighted by molar-refractivity contribution is 0.248. The highest BCUT2D eigenvalue weighted by molar-refractivity contribution is 7.84. The highest BCUT2D eigenvalue weighted by atomic mass is 35.5. The molecule has 0 N–H and O–H groups in total. The average Bonchev–Trinajstić information content (AvgIpc) is 3.17. The van der Waals surface area contributed by atoms with Crippen molar-refractivity contribution < 1.29 is 4.21 Å². The zero-order valence-corrected chi connectivity index (χ0v) is 14.6. The van der Waals surface area contributed by atoms with Gasteiger partial charge in [-0.1, -0.05) is 23.7 Å². The van der Waals surface area contributed by atoms with E-state index >= 15 is 0 Å². The lowest BCUT2D eigenvalue weighted by atomic mass is 9.97. The summed E-state index contributed by atoms with van der Waals surface area (Å²) in [7, 11) is -0.919. The molecule has 3 unspecified atom stereocenters. The van der Waals surface area contributed by atoms with E-state index in [1.165, 1.54) is 18.4 Å². The first-order valence-electron chi connectivity index (χ1n) is 7.77. The summed E-state index contributed by atoms with van der Waals surface area (Å²) in [5.74, 6) is 1.66. The Balaban J connectivity index is 1.77. The summed E-state index contributed by atoms with van der Waals surface area (Å²) in [6.45, 7) is 7.22. The first kappa shape index (κ1) is 15.5. The summed E-state index contributed by atoms with van der Waals surface area (Å²) >= 11 is 5.96. The molecule has 1 saturated heterocycles. The molecule has 1 aromatic rings. The zero-order valence-electron chi connectivity index (χ0n) is 13.0. The summed E-state index contributed by atoms with van der Waals surface area (Å²) in [6.07, 6.45) is 3.49. The number of hydrogen-bond acceptors (Lipinski definition) is 1. The molecule has 2 fully saturated rings. The Kier molecular flexibility index (Phi) is 4.19. The lowest BCUT2D eigenvalue weighted by Gasteiger charge is -2.38. The van der Waals surface area contributed by atoms with Crippen LogP contribution in [0.3, 0.4) is 0 Å². The van der Waals surface area contributed by atoms with E-state index in [1.807, 2.05) is 12.1 Å². The fourth-order valence-electron chi connectivity index (χ4n) is 3.30. The van der Waals surface area contributed by atoms with Gasteiger partial charge in [0.1, 0.15) is 0 Å². The Labute approximate surface area is 135 Å². The maximum absolute atomic E-state index is 12.9. The van der Waals surface area contributed by atoms with Gasteiger partial charge in [-0.15, -0.1) is 0 Å². The van der Waals surface area contributed by atoms with Gasteiger partial charge in [0.15, 0.2) is 0 Å². The molecule has 4 atom stereocenters. The Hall–Kier alpha value is -0.380. The lowest BCUT2D eigenvalue weighted by Crippen LogP contribution is -2.48. The third kappa shape index (κ3) is 3.52. The second-order valence-electron chi connectivity index (χ2n) is 7.44. The van der Waals surface area contributed by atoms with Crippen molar-refractivity contribution in [2.45, 2.75) is 50.8 Å². The van der Waals surface area contributed by atoms with E-state index in [4.69, 9.17) is 11.6 Å². The quantitative estimate of drug-likeness (QED) is 0.820. The topological polar surface area (TPSA) is 20.3 Å². The number of benzene rings is 1. The minimum atomic E-state index is -0.919. The van der Waals surface area contributed by atoms with Crippen molar-refractivity contribution in [2.24, 2.45) is 11.8 Å². The Morgan fingerprint density at radius 2 is 1.86 bits per heavy atom. The predicted molar refractivity (Wildman–Crippen MR) is 89.8 cm³/mol. The Bertz CT molecular complexity index is 537. The molecule has 2 nitrogen and oxygen atoms in total. The summed E-state index contributed by atoms with van der Waals surface area (Å²) in [6, 6.07) is 8.49. The summed E-state index contributed by atoms with van der Waals surface area (Å²) in [5.41, 5.74) is 1.29. The third-order valence-electron chi connectivity index (χ3n) is 4.59. The molecule has 1 aliphatic carbocycles. The second-order valence-corrected chi connectivity index (χ2v) is 10.1. The van der Waals surface area contributed by atoms with E-state index in [1.54, 1.807) is 0 Å². The van der Waals surface area contributed by atoms with Crippen molar-refractivity contribution in [3.8, 4) is 0 Å². The molecule has 2 aliphatic rings. The van der Waals surface area contributed by atoms with Gasteiger partial charge in [0.2, 0.25) is 0 Å². The highest BCUT2D eigenvalue weighted by Crippen LogP contribution is 2.48. The summed E-state index contributed by atoms with van der Waals surface area (Å²) < 4.78 is 14.9. The van der Waals surface area contributed by atoms with Crippen LogP contribution < -0.4 is 0 Å². The molecule has 0 bridgehead atoms. The normalized spacial score (nSPS) is 30.8. The number of hydrogen-bond donors (Lipinski definition) is 0. The van der Waals surface area contributed by atoms with Crippen LogP contribution >= 0.6 is 11.6 Å². The highest BCUT2D eigenvalue weighted by Gasteiger charge is 2.48. The standard InChI is InChI=1S/C17H24ClNOS/c1-17(2,3)21(20)19-11-14-9-13(14)10-16(19)8-12-4-6-15(18)7-5-12/h4-7,13-14,16H,8-11H2,1-3H3/t13?,14?,16-,21?/m0/s1. The molecule has 0 amide bonds. The van der Waals surface area contributed by atoms with E-state index in [0.717, 1.165) is 29.8 Å². The van der Waals surface area contributed by atoms with Crippen LogP contribution in [-0.2, 0) is 17.4 Å². The SMILES string of the molecule is CC(C)(C)S(=O)N1CC2CC2C[C@@H]1Cc1ccc(Cl)cc1. The monoisotopic (exact) mass is 325 g/mol. The number of halogens is 1. The van der Waals surface area contributed by atoms with Gasteiger partial charge in [0.25, 0.3) is 0 Å². The second kappa shape index (κ2) is 5.68. The van der Waals surface area contributed by atoms with Gasteiger partial charge in [-0.2, -0.15) is 0 Å². The molecule has 3 rings (SSSR count). The first-order valence-corrected chi connectivity index (χ1v) is 9.26. The molecule has 0 aromatic heterocycles. The fraction of sp³-hybridized carbons (Fsp3) is 0.647. The van der Waals surface area contributed by atoms with Crippen LogP contribution in [0.5, 0.6) is 0 Å². The van der Waals surface area contributed by atoms with Crippen LogP contribution in [-0.4, -0.2) is 25.8 Å². The van der Waals surface area contributed by atoms with Crippen LogP contribution in [0.2, 0.25) is 5.02 Å². The molecule has 0 radical (unpaired) electrons. The van der Waals surface area contributed by atoms with Crippen LogP contribution in [0.1, 0.15) is 39.2 Å². The van der Waals surface area contributed by atoms with Crippen LogP contribution in [0.25, 0.3) is 0 Å². The van der Waals surface area contributed by atoms with E-state index in [-0.39, 0.29) is 4.75 Å². The fourth-order valence-corrected chi connectivity index (χ4v) is 4.89. The smallest absolute Gasteiger partial charge is 0.1000 e. The molecule has 4 heteroatoms. The molecule has 21 heavy (non-hydrogen) atoms. The van der Waals surface area contributed by atoms with Gasteiger partial charge in [-0.3, -0.25) is 0 Å². The molecule has 1 aliphatic heterocycles. The van der Waals surface area contributed by atoms with Crippen molar-refractivity contribution in [1.29, 1.82) is 0 Å². The van der Waals surface area contributed by atoms with E-state index < -0.39 is 11.0 Å². The summed E-state index contributed by atoms with van der Waals surface area (Å²) in [4.78, 5) is 0. The van der Waals surface area contributed by atoms with Crippen LogP contribution in [0.15, 0.2) is 24.3 Å². The molecule has 1 aromatic carbocycles. The third-order valence-corrected chi connectivity index (χ3v) is 6.76. The predicted octanol–water partition coefficient (Wildman–Crippen LogP) is 4.06. The molecule has 1 saturated carbocycles. The molecular formula is C17H24ClNOS. The molecule has 1 heterocycles. The van der Waals surface area contributed by atoms with Gasteiger partial charge >= 0.3 is 0 Å². The van der Waals surface area contributed by atoms with Gasteiger partial charge in [0, 0.05) is 17.6 Å². The number of rotatable bonds is 3. The van der Waals surface area contributed by atoms with Gasteiger partial charge in [0.05, 0.1) is 15.7 Å². The van der Waals surface area contributed by atoms with Gasteiger partial charge in [-0.05, 0) is 69.6 Å². The molecule has 116 valence electrons. The van der Waals surface area contributed by atoms with E-state index in [9.17, 15) is 4.21 Å². The van der Waals surface area contributed by atoms with Crippen molar-refractivity contribution in [1.82, 2.24) is 4.31 Å². The minimum absolute atomic E-state index is 0.181. The summed E-state index contributed by atoms with van der Waals surface area (Å²) in [5, 5.41) is 0.778. The van der Waals surface area contributed by atoms with E-state index in [0.29, 0.717) is 6.04 Å². The minimum Gasteiger partial charge on any atom is -0.242 e. The van der Waals surface area contributed by atoms with Crippen LogP contribution in [0.4, 0.5) is 0 Å². The number of piperidine rings is 1. The zero-order chi connectivity index (χ0) is 15.2. The molecule has 0 spiro atoms. The number of nitrogens with zero attached hydrogens (tertiary/aromatic N) is 1. The van der Waals surface area contributed by atoms with Crippen molar-refractivity contribution in [3.05, 3.63) is 34.9 Å². The van der Waals surface area contributed by atoms with Crippen molar-refractivity contribution >= 4 is 22.6 Å². The molecular weight excluding hydrogens is 302 g/mol. The van der Waals surface area contributed by atoms with Crippen molar-refractivity contribution in [2.75, 3.05) is 6.54 Å². The number of fused-ring (bicyclic) bond motifs is 1. The maximum atomic E-state index is 12.9. The largest absolute Gasteiger partial charge is 0.242 e. The van der Waals surface area contributed by atoms with Gasteiger partial charge in [-0.25, -0.2) is 8.51 Å². The maximum Gasteiger partial charge on any atom is 0.1000 e. The first-order chi connectivity index (χ1) is 9.84. The van der Waals surface area contributed by atoms with Gasteiger partial charge < -0.3 is 0 Å².